The molecule has 0 saturated carbocycles. The third kappa shape index (κ3) is 4.49. The van der Waals surface area contributed by atoms with Gasteiger partial charge in [-0.3, -0.25) is 4.79 Å². The van der Waals surface area contributed by atoms with Gasteiger partial charge in [0.25, 0.3) is 5.91 Å². The van der Waals surface area contributed by atoms with E-state index >= 15 is 0 Å². The molecule has 0 unspecified atom stereocenters. The second-order valence-electron chi connectivity index (χ2n) is 7.22. The summed E-state index contributed by atoms with van der Waals surface area (Å²) in [4.78, 5) is 14.8. The number of anilines is 1. The van der Waals surface area contributed by atoms with Gasteiger partial charge in [0, 0.05) is 18.8 Å². The van der Waals surface area contributed by atoms with E-state index in [1.807, 2.05) is 35.2 Å². The quantitative estimate of drug-likeness (QED) is 0.831. The number of carbonyl (C=O) groups excluding carboxylic acids is 1. The van der Waals surface area contributed by atoms with Crippen LogP contribution in [0.25, 0.3) is 0 Å². The van der Waals surface area contributed by atoms with Crippen molar-refractivity contribution in [1.29, 1.82) is 0 Å². The lowest BCUT2D eigenvalue weighted by atomic mass is 10.0. The maximum atomic E-state index is 12.9. The fourth-order valence-electron chi connectivity index (χ4n) is 3.87. The molecule has 150 valence electrons. The van der Waals surface area contributed by atoms with Crippen molar-refractivity contribution in [2.75, 3.05) is 18.0 Å². The molecule has 0 aromatic heterocycles. The van der Waals surface area contributed by atoms with Crippen molar-refractivity contribution in [2.45, 2.75) is 44.5 Å². The summed E-state index contributed by atoms with van der Waals surface area (Å²) in [5, 5.41) is 0. The van der Waals surface area contributed by atoms with Gasteiger partial charge in [0.1, 0.15) is 18.5 Å². The van der Waals surface area contributed by atoms with Crippen LogP contribution in [0.3, 0.4) is 0 Å². The molecule has 2 atom stereocenters. The Morgan fingerprint density at radius 2 is 2.00 bits per heavy atom. The first-order valence-corrected chi connectivity index (χ1v) is 9.71. The van der Waals surface area contributed by atoms with Crippen LogP contribution < -0.4 is 15.4 Å². The molecule has 28 heavy (non-hydrogen) atoms. The summed E-state index contributed by atoms with van der Waals surface area (Å²) < 4.78 is 11.8. The maximum Gasteiger partial charge on any atom is 0.256 e. The molecule has 1 saturated heterocycles. The smallest absolute Gasteiger partial charge is 0.256 e. The van der Waals surface area contributed by atoms with Gasteiger partial charge in [0.2, 0.25) is 0 Å². The summed E-state index contributed by atoms with van der Waals surface area (Å²) in [7, 11) is 0. The van der Waals surface area contributed by atoms with E-state index in [2.05, 4.69) is 18.2 Å². The topological polar surface area (TPSA) is 64.8 Å². The number of hydrogen-bond donors (Lipinski definition) is 1. The summed E-state index contributed by atoms with van der Waals surface area (Å²) in [6, 6.07) is 16.1. The maximum absolute atomic E-state index is 12.9. The predicted molar refractivity (Wildman–Crippen MR) is 112 cm³/mol. The number of carbonyl (C=O) groups is 1. The molecule has 5 nitrogen and oxygen atoms in total. The number of hydrogen-bond acceptors (Lipinski definition) is 4. The third-order valence-corrected chi connectivity index (χ3v) is 5.33. The van der Waals surface area contributed by atoms with E-state index in [0.29, 0.717) is 13.2 Å². The number of amides is 1. The molecule has 1 fully saturated rings. The molecule has 6 heteroatoms. The molecule has 4 rings (SSSR count). The van der Waals surface area contributed by atoms with Gasteiger partial charge in [-0.15, -0.1) is 12.4 Å². The van der Waals surface area contributed by atoms with E-state index in [0.717, 1.165) is 54.8 Å². The van der Waals surface area contributed by atoms with Gasteiger partial charge in [-0.05, 0) is 55.0 Å². The molecule has 2 aromatic rings. The molecule has 0 aliphatic carbocycles. The van der Waals surface area contributed by atoms with Crippen molar-refractivity contribution in [1.82, 2.24) is 0 Å². The summed E-state index contributed by atoms with van der Waals surface area (Å²) in [5.74, 6) is 0.900. The first-order valence-electron chi connectivity index (χ1n) is 9.71. The molecule has 2 heterocycles. The minimum Gasteiger partial charge on any atom is -0.489 e. The van der Waals surface area contributed by atoms with Crippen LogP contribution in [-0.4, -0.2) is 31.2 Å². The largest absolute Gasteiger partial charge is 0.489 e. The molecule has 0 bridgehead atoms. The lowest BCUT2D eigenvalue weighted by molar-refractivity contribution is -0.129. The molecule has 0 radical (unpaired) electrons. The second-order valence-corrected chi connectivity index (χ2v) is 7.22. The van der Waals surface area contributed by atoms with Crippen molar-refractivity contribution in [3.8, 4) is 5.75 Å². The summed E-state index contributed by atoms with van der Waals surface area (Å²) in [6.07, 6.45) is 3.17. The molecule has 0 spiro atoms. The highest BCUT2D eigenvalue weighted by molar-refractivity contribution is 5.97. The Hall–Kier alpha value is -2.08. The number of aryl methyl sites for hydroxylation is 1. The van der Waals surface area contributed by atoms with Gasteiger partial charge in [-0.1, -0.05) is 30.3 Å². The average molecular weight is 403 g/mol. The summed E-state index contributed by atoms with van der Waals surface area (Å²) >= 11 is 0. The summed E-state index contributed by atoms with van der Waals surface area (Å²) in [6.45, 7) is 1.75. The molecular weight excluding hydrogens is 376 g/mol. The van der Waals surface area contributed by atoms with Crippen LogP contribution in [0.4, 0.5) is 5.69 Å². The second kappa shape index (κ2) is 9.41. The fraction of sp³-hybridized carbons (Fsp3) is 0.409. The number of ether oxygens (including phenoxy) is 2. The molecule has 2 N–H and O–H groups in total. The third-order valence-electron chi connectivity index (χ3n) is 5.33. The van der Waals surface area contributed by atoms with E-state index in [1.54, 1.807) is 0 Å². The fourth-order valence-corrected chi connectivity index (χ4v) is 3.87. The van der Waals surface area contributed by atoms with Gasteiger partial charge in [-0.25, -0.2) is 0 Å². The normalized spacial score (nSPS) is 21.0. The minimum atomic E-state index is -0.362. The monoisotopic (exact) mass is 402 g/mol. The highest BCUT2D eigenvalue weighted by Crippen LogP contribution is 2.33. The van der Waals surface area contributed by atoms with Crippen LogP contribution in [0.15, 0.2) is 48.5 Å². The molecule has 2 aromatic carbocycles. The van der Waals surface area contributed by atoms with Crippen LogP contribution >= 0.6 is 12.4 Å². The Morgan fingerprint density at radius 3 is 2.75 bits per heavy atom. The van der Waals surface area contributed by atoms with Crippen molar-refractivity contribution in [2.24, 2.45) is 5.73 Å². The van der Waals surface area contributed by atoms with Crippen LogP contribution in [0, 0.1) is 0 Å². The van der Waals surface area contributed by atoms with Crippen molar-refractivity contribution >= 4 is 24.0 Å². The SMILES string of the molecule is Cl.NC[C@H]1CC[C@@H](C(=O)N2CCCc3cc(OCc4ccccc4)ccc32)O1. The Bertz CT molecular complexity index is 800. The standard InChI is InChI=1S/C22H26N2O3.ClH/c23-14-19-9-11-21(27-19)22(25)24-12-4-7-17-13-18(8-10-20(17)24)26-15-16-5-2-1-3-6-16;/h1-3,5-6,8,10,13,19,21H,4,7,9,11-12,14-15,23H2;1H/t19-,21+;/m1./s1. The Kier molecular flexibility index (Phi) is 6.94. The minimum absolute atomic E-state index is 0. The van der Waals surface area contributed by atoms with Gasteiger partial charge in [0.05, 0.1) is 6.10 Å². The van der Waals surface area contributed by atoms with Gasteiger partial charge in [0.15, 0.2) is 0 Å². The summed E-state index contributed by atoms with van der Waals surface area (Å²) in [5.41, 5.74) is 8.96. The molecule has 2 aliphatic rings. The number of fused-ring (bicyclic) bond motifs is 1. The van der Waals surface area contributed by atoms with Crippen LogP contribution in [-0.2, 0) is 22.6 Å². The van der Waals surface area contributed by atoms with Crippen LogP contribution in [0.1, 0.15) is 30.4 Å². The zero-order valence-electron chi connectivity index (χ0n) is 15.9. The Labute approximate surface area is 172 Å². The highest BCUT2D eigenvalue weighted by Gasteiger charge is 2.35. The van der Waals surface area contributed by atoms with E-state index < -0.39 is 0 Å². The van der Waals surface area contributed by atoms with E-state index in [4.69, 9.17) is 15.2 Å². The number of rotatable bonds is 5. The first-order chi connectivity index (χ1) is 13.2. The van der Waals surface area contributed by atoms with E-state index in [-0.39, 0.29) is 30.5 Å². The predicted octanol–water partition coefficient (Wildman–Crippen LogP) is 3.47. The molecular formula is C22H27ClN2O3. The Balaban J connectivity index is 0.00000225. The van der Waals surface area contributed by atoms with E-state index in [1.165, 1.54) is 0 Å². The van der Waals surface area contributed by atoms with E-state index in [9.17, 15) is 4.79 Å². The number of halogens is 1. The lowest BCUT2D eigenvalue weighted by Gasteiger charge is -2.31. The number of nitrogens with two attached hydrogens (primary N) is 1. The number of nitrogens with zero attached hydrogens (tertiary/aromatic N) is 1. The van der Waals surface area contributed by atoms with Crippen LogP contribution in [0.5, 0.6) is 5.75 Å². The zero-order valence-corrected chi connectivity index (χ0v) is 16.7. The first kappa shape index (κ1) is 20.6. The van der Waals surface area contributed by atoms with Gasteiger partial charge < -0.3 is 20.1 Å². The zero-order chi connectivity index (χ0) is 18.6. The van der Waals surface area contributed by atoms with Crippen molar-refractivity contribution < 1.29 is 14.3 Å². The Morgan fingerprint density at radius 1 is 1.18 bits per heavy atom. The average Bonchev–Trinajstić information content (AvgIpc) is 3.21. The number of benzene rings is 2. The molecule has 1 amide bonds. The molecule has 2 aliphatic heterocycles. The van der Waals surface area contributed by atoms with Gasteiger partial charge in [-0.2, -0.15) is 0 Å². The van der Waals surface area contributed by atoms with Crippen molar-refractivity contribution in [3.63, 3.8) is 0 Å². The van der Waals surface area contributed by atoms with Crippen molar-refractivity contribution in [3.05, 3.63) is 59.7 Å². The highest BCUT2D eigenvalue weighted by atomic mass is 35.5. The van der Waals surface area contributed by atoms with Gasteiger partial charge >= 0.3 is 0 Å². The lowest BCUT2D eigenvalue weighted by Crippen LogP contribution is -2.42. The van der Waals surface area contributed by atoms with Crippen LogP contribution in [0.2, 0.25) is 0 Å².